The van der Waals surface area contributed by atoms with E-state index < -0.39 is 11.4 Å². The molecule has 0 aliphatic carbocycles. The van der Waals surface area contributed by atoms with Crippen LogP contribution in [0.1, 0.15) is 23.9 Å². The first kappa shape index (κ1) is 13.9. The lowest BCUT2D eigenvalue weighted by molar-refractivity contribution is -0.121. The van der Waals surface area contributed by atoms with E-state index in [2.05, 4.69) is 9.97 Å². The molecular weight excluding hydrogens is 236 g/mol. The van der Waals surface area contributed by atoms with Crippen molar-refractivity contribution in [3.63, 3.8) is 0 Å². The minimum Gasteiger partial charge on any atom is -0.368 e. The van der Waals surface area contributed by atoms with Crippen LogP contribution in [0.2, 0.25) is 0 Å². The van der Waals surface area contributed by atoms with Crippen molar-refractivity contribution in [3.8, 4) is 0 Å². The van der Waals surface area contributed by atoms with Gasteiger partial charge in [0, 0.05) is 17.1 Å². The van der Waals surface area contributed by atoms with Gasteiger partial charge in [0.2, 0.25) is 5.91 Å². The smallest absolute Gasteiger partial charge is 0.238 e. The van der Waals surface area contributed by atoms with E-state index in [9.17, 15) is 4.79 Å². The molecule has 1 aromatic heterocycles. The van der Waals surface area contributed by atoms with Crippen molar-refractivity contribution in [3.05, 3.63) is 17.0 Å². The molecule has 0 aliphatic rings. The summed E-state index contributed by atoms with van der Waals surface area (Å²) in [6.07, 6.45) is 0. The van der Waals surface area contributed by atoms with Crippen LogP contribution in [0.3, 0.4) is 0 Å². The van der Waals surface area contributed by atoms with Crippen LogP contribution in [-0.2, 0) is 4.79 Å². The number of aryl methyl sites for hydroxylation is 2. The highest BCUT2D eigenvalue weighted by molar-refractivity contribution is 7.99. The molecular formula is C11H18N4OS. The summed E-state index contributed by atoms with van der Waals surface area (Å²) >= 11 is 1.34. The van der Waals surface area contributed by atoms with Gasteiger partial charge in [-0.05, 0) is 33.3 Å². The molecule has 6 heteroatoms. The highest BCUT2D eigenvalue weighted by atomic mass is 32.2. The maximum Gasteiger partial charge on any atom is 0.238 e. The molecule has 0 aliphatic heterocycles. The Morgan fingerprint density at radius 1 is 1.29 bits per heavy atom. The maximum atomic E-state index is 11.1. The first-order valence-corrected chi connectivity index (χ1v) is 6.26. The van der Waals surface area contributed by atoms with Crippen molar-refractivity contribution in [1.82, 2.24) is 9.97 Å². The topological polar surface area (TPSA) is 94.9 Å². The number of rotatable bonds is 4. The predicted molar refractivity (Wildman–Crippen MR) is 68.8 cm³/mol. The van der Waals surface area contributed by atoms with Gasteiger partial charge in [0.05, 0.1) is 0 Å². The third kappa shape index (κ3) is 3.41. The van der Waals surface area contributed by atoms with Crippen LogP contribution < -0.4 is 11.5 Å². The van der Waals surface area contributed by atoms with E-state index in [1.165, 1.54) is 11.8 Å². The van der Waals surface area contributed by atoms with E-state index in [1.54, 1.807) is 6.92 Å². The van der Waals surface area contributed by atoms with Gasteiger partial charge in [-0.15, -0.1) is 0 Å². The van der Waals surface area contributed by atoms with Crippen LogP contribution >= 0.6 is 11.8 Å². The number of hydrogen-bond donors (Lipinski definition) is 2. The molecule has 0 saturated heterocycles. The molecule has 1 heterocycles. The molecule has 0 saturated carbocycles. The fourth-order valence-electron chi connectivity index (χ4n) is 1.09. The molecule has 0 radical (unpaired) electrons. The Morgan fingerprint density at radius 3 is 2.18 bits per heavy atom. The zero-order chi connectivity index (χ0) is 13.2. The van der Waals surface area contributed by atoms with E-state index in [-0.39, 0.29) is 0 Å². The van der Waals surface area contributed by atoms with Crippen molar-refractivity contribution >= 4 is 17.7 Å². The number of nitrogens with zero attached hydrogens (tertiary/aromatic N) is 2. The minimum atomic E-state index is -1.04. The first-order chi connectivity index (χ1) is 7.74. The molecule has 1 aromatic rings. The summed E-state index contributed by atoms with van der Waals surface area (Å²) in [5.74, 6) is -0.157. The van der Waals surface area contributed by atoms with Crippen LogP contribution in [0, 0.1) is 20.8 Å². The van der Waals surface area contributed by atoms with Gasteiger partial charge in [0.1, 0.15) is 5.54 Å². The van der Waals surface area contributed by atoms with Gasteiger partial charge in [0.25, 0.3) is 0 Å². The van der Waals surface area contributed by atoms with Gasteiger partial charge < -0.3 is 11.5 Å². The van der Waals surface area contributed by atoms with Gasteiger partial charge in [-0.25, -0.2) is 9.97 Å². The SMILES string of the molecule is Cc1nc(SCC(C)(N)C(N)=O)nc(C)c1C. The Labute approximate surface area is 105 Å². The van der Waals surface area contributed by atoms with Crippen LogP contribution in [0.5, 0.6) is 0 Å². The van der Waals surface area contributed by atoms with Crippen LogP contribution in [0.15, 0.2) is 5.16 Å². The predicted octanol–water partition coefficient (Wildman–Crippen LogP) is 0.697. The lowest BCUT2D eigenvalue weighted by Gasteiger charge is -2.19. The number of thioether (sulfide) groups is 1. The molecule has 5 nitrogen and oxygen atoms in total. The summed E-state index contributed by atoms with van der Waals surface area (Å²) < 4.78 is 0. The second-order valence-corrected chi connectivity index (χ2v) is 5.31. The summed E-state index contributed by atoms with van der Waals surface area (Å²) in [4.78, 5) is 19.8. The van der Waals surface area contributed by atoms with E-state index in [1.807, 2.05) is 20.8 Å². The Morgan fingerprint density at radius 2 is 1.76 bits per heavy atom. The first-order valence-electron chi connectivity index (χ1n) is 5.27. The monoisotopic (exact) mass is 254 g/mol. The third-order valence-corrected chi connectivity index (χ3v) is 3.86. The molecule has 0 spiro atoms. The molecule has 0 aromatic carbocycles. The fourth-order valence-corrected chi connectivity index (χ4v) is 2.07. The number of carbonyl (C=O) groups is 1. The van der Waals surface area contributed by atoms with Gasteiger partial charge >= 0.3 is 0 Å². The summed E-state index contributed by atoms with van der Waals surface area (Å²) in [6, 6.07) is 0. The Hall–Kier alpha value is -1.14. The molecule has 1 atom stereocenters. The van der Waals surface area contributed by atoms with Crippen molar-refractivity contribution < 1.29 is 4.79 Å². The third-order valence-electron chi connectivity index (χ3n) is 2.68. The molecule has 0 bridgehead atoms. The zero-order valence-corrected chi connectivity index (χ0v) is 11.4. The van der Waals surface area contributed by atoms with Crippen LogP contribution in [-0.4, -0.2) is 27.2 Å². The summed E-state index contributed by atoms with van der Waals surface area (Å²) in [5.41, 5.74) is 12.9. The number of amides is 1. The average Bonchev–Trinajstić information content (AvgIpc) is 2.22. The molecule has 1 unspecified atom stereocenters. The molecule has 1 rings (SSSR count). The van der Waals surface area contributed by atoms with Gasteiger partial charge in [-0.3, -0.25) is 4.79 Å². The maximum absolute atomic E-state index is 11.1. The standard InChI is InChI=1S/C11H18N4OS/c1-6-7(2)14-10(15-8(6)3)17-5-11(4,13)9(12)16/h5,13H2,1-4H3,(H2,12,16). The minimum absolute atomic E-state index is 0.365. The van der Waals surface area contributed by atoms with E-state index in [4.69, 9.17) is 11.5 Å². The van der Waals surface area contributed by atoms with Crippen LogP contribution in [0.4, 0.5) is 0 Å². The second-order valence-electron chi connectivity index (χ2n) is 4.37. The summed E-state index contributed by atoms with van der Waals surface area (Å²) in [6.45, 7) is 7.46. The number of primary amides is 1. The Bertz CT molecular complexity index is 422. The largest absolute Gasteiger partial charge is 0.368 e. The number of hydrogen-bond acceptors (Lipinski definition) is 5. The number of aromatic nitrogens is 2. The van der Waals surface area contributed by atoms with Gasteiger partial charge in [-0.2, -0.15) is 0 Å². The van der Waals surface area contributed by atoms with Crippen molar-refractivity contribution in [2.75, 3.05) is 5.75 Å². The van der Waals surface area contributed by atoms with Gasteiger partial charge in [-0.1, -0.05) is 11.8 Å². The molecule has 4 N–H and O–H groups in total. The highest BCUT2D eigenvalue weighted by Gasteiger charge is 2.26. The van der Waals surface area contributed by atoms with E-state index in [0.29, 0.717) is 10.9 Å². The Balaban J connectivity index is 2.81. The average molecular weight is 254 g/mol. The molecule has 1 amide bonds. The molecule has 94 valence electrons. The van der Waals surface area contributed by atoms with E-state index in [0.717, 1.165) is 17.0 Å². The second kappa shape index (κ2) is 5.01. The lowest BCUT2D eigenvalue weighted by atomic mass is 10.1. The quantitative estimate of drug-likeness (QED) is 0.609. The van der Waals surface area contributed by atoms with Crippen molar-refractivity contribution in [1.29, 1.82) is 0 Å². The zero-order valence-electron chi connectivity index (χ0n) is 10.6. The van der Waals surface area contributed by atoms with Gasteiger partial charge in [0.15, 0.2) is 5.16 Å². The van der Waals surface area contributed by atoms with Crippen molar-refractivity contribution in [2.24, 2.45) is 11.5 Å². The number of nitrogens with two attached hydrogens (primary N) is 2. The van der Waals surface area contributed by atoms with E-state index >= 15 is 0 Å². The normalized spacial score (nSPS) is 14.4. The molecule has 0 fully saturated rings. The number of carbonyl (C=O) groups excluding carboxylic acids is 1. The highest BCUT2D eigenvalue weighted by Crippen LogP contribution is 2.20. The Kier molecular flexibility index (Phi) is 4.11. The fraction of sp³-hybridized carbons (Fsp3) is 0.545. The molecule has 17 heavy (non-hydrogen) atoms. The lowest BCUT2D eigenvalue weighted by Crippen LogP contribution is -2.51. The summed E-state index contributed by atoms with van der Waals surface area (Å²) in [7, 11) is 0. The summed E-state index contributed by atoms with van der Waals surface area (Å²) in [5, 5.41) is 0.628. The van der Waals surface area contributed by atoms with Crippen molar-refractivity contribution in [2.45, 2.75) is 38.4 Å². The van der Waals surface area contributed by atoms with Crippen LogP contribution in [0.25, 0.3) is 0 Å².